The van der Waals surface area contributed by atoms with Crippen molar-refractivity contribution in [3.05, 3.63) is 52.1 Å². The molecule has 1 amide bonds. The molecule has 1 heterocycles. The maximum Gasteiger partial charge on any atom is 0.282 e. The summed E-state index contributed by atoms with van der Waals surface area (Å²) in [5.74, 6) is 0.707. The van der Waals surface area contributed by atoms with Crippen molar-refractivity contribution >= 4 is 50.7 Å². The third kappa shape index (κ3) is 5.26. The zero-order valence-corrected chi connectivity index (χ0v) is 19.9. The minimum Gasteiger partial charge on any atom is -0.495 e. The molecule has 3 aromatic rings. The SMILES string of the molecule is COc1ccc(OC)c2sc(N(CCCN(C)C)C(=O)c3ccccc3[N+](=O)[O-])nc12.Cl. The highest BCUT2D eigenvalue weighted by Gasteiger charge is 2.28. The van der Waals surface area contributed by atoms with Crippen molar-refractivity contribution in [1.82, 2.24) is 9.88 Å². The first-order valence-electron chi connectivity index (χ1n) is 9.59. The van der Waals surface area contributed by atoms with Crippen LogP contribution in [0.2, 0.25) is 0 Å². The van der Waals surface area contributed by atoms with Gasteiger partial charge in [-0.15, -0.1) is 12.4 Å². The number of aromatic nitrogens is 1. The summed E-state index contributed by atoms with van der Waals surface area (Å²) in [4.78, 5) is 32.5. The van der Waals surface area contributed by atoms with Crippen LogP contribution in [0.25, 0.3) is 10.2 Å². The predicted molar refractivity (Wildman–Crippen MR) is 128 cm³/mol. The van der Waals surface area contributed by atoms with Crippen molar-refractivity contribution < 1.29 is 19.2 Å². The molecule has 2 aromatic carbocycles. The Hall–Kier alpha value is -2.95. The summed E-state index contributed by atoms with van der Waals surface area (Å²) in [6, 6.07) is 9.49. The molecule has 3 rings (SSSR count). The van der Waals surface area contributed by atoms with Gasteiger partial charge in [0.2, 0.25) is 0 Å². The molecular formula is C21H25ClN4O5S. The highest BCUT2D eigenvalue weighted by atomic mass is 35.5. The third-order valence-corrected chi connectivity index (χ3v) is 5.79. The summed E-state index contributed by atoms with van der Waals surface area (Å²) < 4.78 is 11.6. The maximum absolute atomic E-state index is 13.4. The summed E-state index contributed by atoms with van der Waals surface area (Å²) in [5.41, 5.74) is 0.367. The van der Waals surface area contributed by atoms with E-state index in [2.05, 4.69) is 4.98 Å². The Morgan fingerprint density at radius 3 is 2.38 bits per heavy atom. The first kappa shape index (κ1) is 25.3. The molecule has 0 saturated heterocycles. The molecule has 0 unspecified atom stereocenters. The Balaban J connectivity index is 0.00000363. The van der Waals surface area contributed by atoms with E-state index in [-0.39, 0.29) is 23.7 Å². The number of nitro benzene ring substituents is 1. The Morgan fingerprint density at radius 2 is 1.75 bits per heavy atom. The summed E-state index contributed by atoms with van der Waals surface area (Å²) in [5, 5.41) is 11.9. The molecule has 32 heavy (non-hydrogen) atoms. The first-order chi connectivity index (χ1) is 14.9. The second-order valence-corrected chi connectivity index (χ2v) is 8.01. The van der Waals surface area contributed by atoms with Gasteiger partial charge in [-0.1, -0.05) is 23.5 Å². The van der Waals surface area contributed by atoms with Gasteiger partial charge in [0.05, 0.1) is 19.1 Å². The van der Waals surface area contributed by atoms with E-state index in [1.807, 2.05) is 19.0 Å². The molecule has 172 valence electrons. The maximum atomic E-state index is 13.4. The highest BCUT2D eigenvalue weighted by molar-refractivity contribution is 7.22. The lowest BCUT2D eigenvalue weighted by Gasteiger charge is -2.21. The van der Waals surface area contributed by atoms with Gasteiger partial charge in [-0.3, -0.25) is 19.8 Å². The average Bonchev–Trinajstić information content (AvgIpc) is 3.20. The van der Waals surface area contributed by atoms with E-state index in [1.54, 1.807) is 38.5 Å². The van der Waals surface area contributed by atoms with Gasteiger partial charge in [0, 0.05) is 12.6 Å². The highest BCUT2D eigenvalue weighted by Crippen LogP contribution is 2.40. The predicted octanol–water partition coefficient (Wildman–Crippen LogP) is 4.24. The average molecular weight is 481 g/mol. The fourth-order valence-electron chi connectivity index (χ4n) is 3.18. The number of rotatable bonds is 9. The van der Waals surface area contributed by atoms with Crippen LogP contribution >= 0.6 is 23.7 Å². The van der Waals surface area contributed by atoms with Crippen LogP contribution < -0.4 is 14.4 Å². The van der Waals surface area contributed by atoms with E-state index in [4.69, 9.17) is 9.47 Å². The number of carbonyl (C=O) groups is 1. The van der Waals surface area contributed by atoms with Gasteiger partial charge in [-0.25, -0.2) is 4.98 Å². The van der Waals surface area contributed by atoms with Crippen LogP contribution in [0, 0.1) is 10.1 Å². The molecule has 11 heteroatoms. The van der Waals surface area contributed by atoms with Crippen LogP contribution in [0.1, 0.15) is 16.8 Å². The van der Waals surface area contributed by atoms with Gasteiger partial charge in [-0.2, -0.15) is 0 Å². The van der Waals surface area contributed by atoms with Crippen molar-refractivity contribution in [2.24, 2.45) is 0 Å². The Bertz CT molecular complexity index is 1060. The summed E-state index contributed by atoms with van der Waals surface area (Å²) in [6.07, 6.45) is 0.670. The number of fused-ring (bicyclic) bond motifs is 1. The Morgan fingerprint density at radius 1 is 1.09 bits per heavy atom. The zero-order valence-electron chi connectivity index (χ0n) is 18.2. The zero-order chi connectivity index (χ0) is 22.5. The number of para-hydroxylation sites is 1. The van der Waals surface area contributed by atoms with Crippen LogP contribution in [0.3, 0.4) is 0 Å². The third-order valence-electron chi connectivity index (χ3n) is 4.69. The number of benzene rings is 2. The molecule has 0 saturated carbocycles. The summed E-state index contributed by atoms with van der Waals surface area (Å²) in [6.45, 7) is 1.10. The molecule has 0 fully saturated rings. The quantitative estimate of drug-likeness (QED) is 0.333. The molecular weight excluding hydrogens is 456 g/mol. The number of anilines is 1. The number of carbonyl (C=O) groups excluding carboxylic acids is 1. The molecule has 0 N–H and O–H groups in total. The van der Waals surface area contributed by atoms with Crippen molar-refractivity contribution in [3.8, 4) is 11.5 Å². The number of ether oxygens (including phenoxy) is 2. The lowest BCUT2D eigenvalue weighted by Crippen LogP contribution is -2.33. The molecule has 0 bridgehead atoms. The molecule has 0 aliphatic heterocycles. The van der Waals surface area contributed by atoms with Gasteiger partial charge in [0.1, 0.15) is 27.3 Å². The van der Waals surface area contributed by atoms with Crippen molar-refractivity contribution in [1.29, 1.82) is 0 Å². The molecule has 0 atom stereocenters. The summed E-state index contributed by atoms with van der Waals surface area (Å²) in [7, 11) is 7.00. The van der Waals surface area contributed by atoms with E-state index in [0.29, 0.717) is 35.1 Å². The van der Waals surface area contributed by atoms with E-state index < -0.39 is 10.8 Å². The van der Waals surface area contributed by atoms with Crippen LogP contribution in [-0.2, 0) is 0 Å². The summed E-state index contributed by atoms with van der Waals surface area (Å²) >= 11 is 1.29. The second kappa shape index (κ2) is 11.1. The molecule has 9 nitrogen and oxygen atoms in total. The molecule has 0 aliphatic rings. The standard InChI is InChI=1S/C21H24N4O5S.ClH/c1-23(2)12-7-13-24(20(26)14-8-5-6-9-15(14)25(27)28)21-22-18-16(29-3)10-11-17(30-4)19(18)31-21;/h5-6,8-11H,7,12-13H2,1-4H3;1H. The van der Waals surface area contributed by atoms with Crippen molar-refractivity contribution in [3.63, 3.8) is 0 Å². The number of hydrogen-bond acceptors (Lipinski definition) is 8. The van der Waals surface area contributed by atoms with E-state index in [0.717, 1.165) is 11.2 Å². The Kier molecular flexibility index (Phi) is 8.76. The van der Waals surface area contributed by atoms with Gasteiger partial charge in [-0.05, 0) is 45.3 Å². The first-order valence-corrected chi connectivity index (χ1v) is 10.4. The van der Waals surface area contributed by atoms with E-state index in [1.165, 1.54) is 28.4 Å². The molecule has 0 spiro atoms. The molecule has 0 aliphatic carbocycles. The number of methoxy groups -OCH3 is 2. The number of halogens is 1. The van der Waals surface area contributed by atoms with Crippen LogP contribution in [0.5, 0.6) is 11.5 Å². The largest absolute Gasteiger partial charge is 0.495 e. The molecule has 1 aromatic heterocycles. The fourth-order valence-corrected chi connectivity index (χ4v) is 4.28. The fraction of sp³-hybridized carbons (Fsp3) is 0.333. The number of amides is 1. The Labute approximate surface area is 196 Å². The minimum absolute atomic E-state index is 0. The minimum atomic E-state index is -0.546. The van der Waals surface area contributed by atoms with Crippen LogP contribution in [0.15, 0.2) is 36.4 Å². The monoisotopic (exact) mass is 480 g/mol. The smallest absolute Gasteiger partial charge is 0.282 e. The van der Waals surface area contributed by atoms with Crippen molar-refractivity contribution in [2.75, 3.05) is 46.3 Å². The van der Waals surface area contributed by atoms with Gasteiger partial charge in [0.25, 0.3) is 11.6 Å². The number of hydrogen-bond donors (Lipinski definition) is 0. The van der Waals surface area contributed by atoms with Crippen molar-refractivity contribution in [2.45, 2.75) is 6.42 Å². The van der Waals surface area contributed by atoms with Gasteiger partial charge < -0.3 is 14.4 Å². The van der Waals surface area contributed by atoms with E-state index in [9.17, 15) is 14.9 Å². The molecule has 0 radical (unpaired) electrons. The number of nitrogens with zero attached hydrogens (tertiary/aromatic N) is 4. The second-order valence-electron chi connectivity index (χ2n) is 7.03. The van der Waals surface area contributed by atoms with Gasteiger partial charge >= 0.3 is 0 Å². The lowest BCUT2D eigenvalue weighted by molar-refractivity contribution is -0.385. The van der Waals surface area contributed by atoms with E-state index >= 15 is 0 Å². The van der Waals surface area contributed by atoms with Crippen LogP contribution in [-0.4, -0.2) is 62.1 Å². The number of nitro groups is 1. The topological polar surface area (TPSA) is 98.0 Å². The normalized spacial score (nSPS) is 10.7. The number of thiazole rings is 1. The lowest BCUT2D eigenvalue weighted by atomic mass is 10.1. The van der Waals surface area contributed by atoms with Gasteiger partial charge in [0.15, 0.2) is 5.13 Å². The van der Waals surface area contributed by atoms with Crippen LogP contribution in [0.4, 0.5) is 10.8 Å².